The average molecular weight is 320 g/mol. The quantitative estimate of drug-likeness (QED) is 0.677. The van der Waals surface area contributed by atoms with Gasteiger partial charge in [-0.1, -0.05) is 43.3 Å². The summed E-state index contributed by atoms with van der Waals surface area (Å²) in [4.78, 5) is 7.35. The second kappa shape index (κ2) is 6.40. The summed E-state index contributed by atoms with van der Waals surface area (Å²) in [5, 5.41) is 2.41. The molecule has 3 aromatic rings. The normalized spacial score (nSPS) is 19.0. The van der Waals surface area contributed by atoms with Crippen molar-refractivity contribution in [3.8, 4) is 11.5 Å². The van der Waals surface area contributed by atoms with Crippen LogP contribution in [0.2, 0.25) is 0 Å². The van der Waals surface area contributed by atoms with Gasteiger partial charge in [0.05, 0.1) is 5.69 Å². The molecular weight excluding hydrogens is 296 g/mol. The maximum Gasteiger partial charge on any atom is 0.227 e. The predicted octanol–water partition coefficient (Wildman–Crippen LogP) is 5.04. The molecule has 0 amide bonds. The van der Waals surface area contributed by atoms with E-state index in [1.165, 1.54) is 30.2 Å². The van der Waals surface area contributed by atoms with E-state index < -0.39 is 0 Å². The fraction of sp³-hybridized carbons (Fsp3) is 0.381. The molecule has 124 valence electrons. The first-order valence-corrected chi connectivity index (χ1v) is 8.87. The average Bonchev–Trinajstić information content (AvgIpc) is 2.95. The van der Waals surface area contributed by atoms with Crippen molar-refractivity contribution in [2.75, 3.05) is 13.1 Å². The molecule has 24 heavy (non-hydrogen) atoms. The van der Waals surface area contributed by atoms with E-state index in [0.29, 0.717) is 0 Å². The van der Waals surface area contributed by atoms with Gasteiger partial charge in [-0.3, -0.25) is 4.90 Å². The lowest BCUT2D eigenvalue weighted by molar-refractivity contribution is 0.174. The zero-order chi connectivity index (χ0) is 16.5. The summed E-state index contributed by atoms with van der Waals surface area (Å²) in [6.07, 6.45) is 2.63. The molecule has 0 radical (unpaired) electrons. The number of benzene rings is 2. The summed E-state index contributed by atoms with van der Waals surface area (Å²) in [6, 6.07) is 14.7. The van der Waals surface area contributed by atoms with Crippen molar-refractivity contribution in [1.82, 2.24) is 9.88 Å². The molecule has 1 atom stereocenters. The molecule has 0 N–H and O–H groups in total. The van der Waals surface area contributed by atoms with Crippen LogP contribution in [0.1, 0.15) is 31.2 Å². The fourth-order valence-electron chi connectivity index (χ4n) is 3.74. The minimum atomic E-state index is 0.740. The minimum absolute atomic E-state index is 0.740. The van der Waals surface area contributed by atoms with Gasteiger partial charge in [-0.05, 0) is 49.1 Å². The van der Waals surface area contributed by atoms with Gasteiger partial charge in [-0.2, -0.15) is 0 Å². The molecule has 1 aliphatic heterocycles. The van der Waals surface area contributed by atoms with Gasteiger partial charge < -0.3 is 4.42 Å². The van der Waals surface area contributed by atoms with E-state index >= 15 is 0 Å². The van der Waals surface area contributed by atoms with Crippen molar-refractivity contribution in [2.45, 2.75) is 33.2 Å². The Labute approximate surface area is 143 Å². The highest BCUT2D eigenvalue weighted by molar-refractivity contribution is 5.94. The number of nitrogens with zero attached hydrogens (tertiary/aromatic N) is 2. The molecule has 0 aliphatic carbocycles. The number of hydrogen-bond donors (Lipinski definition) is 0. The summed E-state index contributed by atoms with van der Waals surface area (Å²) < 4.78 is 6.04. The minimum Gasteiger partial charge on any atom is -0.441 e. The second-order valence-corrected chi connectivity index (χ2v) is 7.03. The van der Waals surface area contributed by atoms with Gasteiger partial charge in [0.2, 0.25) is 5.89 Å². The van der Waals surface area contributed by atoms with E-state index in [1.54, 1.807) is 0 Å². The Bertz CT molecular complexity index is 847. The summed E-state index contributed by atoms with van der Waals surface area (Å²) in [7, 11) is 0. The Balaban J connectivity index is 1.65. The third-order valence-electron chi connectivity index (χ3n) is 5.03. The van der Waals surface area contributed by atoms with Crippen LogP contribution in [0.5, 0.6) is 0 Å². The lowest BCUT2D eigenvalue weighted by Gasteiger charge is -2.30. The summed E-state index contributed by atoms with van der Waals surface area (Å²) >= 11 is 0. The lowest BCUT2D eigenvalue weighted by atomic mass is 10.0. The molecule has 3 heteroatoms. The van der Waals surface area contributed by atoms with Crippen LogP contribution in [-0.2, 0) is 6.54 Å². The van der Waals surface area contributed by atoms with E-state index in [2.05, 4.69) is 54.3 Å². The SMILES string of the molecule is Cc1oc(-c2cccc3ccccc23)nc1CN1CCCC(C)C1. The first kappa shape index (κ1) is 15.4. The Hall–Kier alpha value is -2.13. The van der Waals surface area contributed by atoms with Crippen LogP contribution in [0.3, 0.4) is 0 Å². The number of fused-ring (bicyclic) bond motifs is 1. The number of aromatic nitrogens is 1. The first-order chi connectivity index (χ1) is 11.7. The van der Waals surface area contributed by atoms with Gasteiger partial charge in [-0.25, -0.2) is 4.98 Å². The molecule has 0 bridgehead atoms. The number of piperidine rings is 1. The topological polar surface area (TPSA) is 29.3 Å². The number of likely N-dealkylation sites (tertiary alicyclic amines) is 1. The van der Waals surface area contributed by atoms with E-state index in [1.807, 2.05) is 6.92 Å². The molecule has 1 fully saturated rings. The molecular formula is C21H24N2O. The Morgan fingerprint density at radius 2 is 2.00 bits per heavy atom. The Morgan fingerprint density at radius 1 is 1.17 bits per heavy atom. The van der Waals surface area contributed by atoms with Gasteiger partial charge in [0.15, 0.2) is 0 Å². The number of oxazole rings is 1. The molecule has 1 aromatic heterocycles. The zero-order valence-corrected chi connectivity index (χ0v) is 14.5. The van der Waals surface area contributed by atoms with E-state index in [-0.39, 0.29) is 0 Å². The molecule has 0 spiro atoms. The summed E-state index contributed by atoms with van der Waals surface area (Å²) in [5.74, 6) is 2.46. The third-order valence-corrected chi connectivity index (χ3v) is 5.03. The molecule has 2 heterocycles. The largest absolute Gasteiger partial charge is 0.441 e. The van der Waals surface area contributed by atoms with Crippen LogP contribution < -0.4 is 0 Å². The summed E-state index contributed by atoms with van der Waals surface area (Å²) in [6.45, 7) is 7.59. The molecule has 4 rings (SSSR count). The van der Waals surface area contributed by atoms with Crippen molar-refractivity contribution in [1.29, 1.82) is 0 Å². The summed E-state index contributed by atoms with van der Waals surface area (Å²) in [5.41, 5.74) is 2.15. The van der Waals surface area contributed by atoms with Gasteiger partial charge in [0.25, 0.3) is 0 Å². The molecule has 1 saturated heterocycles. The van der Waals surface area contributed by atoms with Crippen molar-refractivity contribution in [2.24, 2.45) is 5.92 Å². The molecule has 1 unspecified atom stereocenters. The standard InChI is InChI=1S/C21H24N2O/c1-15-7-6-12-23(13-15)14-20-16(2)24-21(22-20)19-11-5-9-17-8-3-4-10-18(17)19/h3-5,8-11,15H,6-7,12-14H2,1-2H3. The van der Waals surface area contributed by atoms with Crippen LogP contribution in [0.25, 0.3) is 22.2 Å². The van der Waals surface area contributed by atoms with Gasteiger partial charge in [0, 0.05) is 18.7 Å². The maximum absolute atomic E-state index is 6.04. The smallest absolute Gasteiger partial charge is 0.227 e. The van der Waals surface area contributed by atoms with E-state index in [4.69, 9.17) is 9.40 Å². The van der Waals surface area contributed by atoms with Crippen LogP contribution in [0.4, 0.5) is 0 Å². The molecule has 2 aromatic carbocycles. The van der Waals surface area contributed by atoms with Crippen molar-refractivity contribution >= 4 is 10.8 Å². The zero-order valence-electron chi connectivity index (χ0n) is 14.5. The lowest BCUT2D eigenvalue weighted by Crippen LogP contribution is -2.34. The van der Waals surface area contributed by atoms with Gasteiger partial charge in [-0.15, -0.1) is 0 Å². The monoisotopic (exact) mass is 320 g/mol. The van der Waals surface area contributed by atoms with E-state index in [9.17, 15) is 0 Å². The molecule has 3 nitrogen and oxygen atoms in total. The Kier molecular flexibility index (Phi) is 4.11. The van der Waals surface area contributed by atoms with Crippen LogP contribution in [-0.4, -0.2) is 23.0 Å². The second-order valence-electron chi connectivity index (χ2n) is 7.03. The van der Waals surface area contributed by atoms with Crippen LogP contribution in [0, 0.1) is 12.8 Å². The highest BCUT2D eigenvalue weighted by atomic mass is 16.4. The number of hydrogen-bond acceptors (Lipinski definition) is 3. The third kappa shape index (κ3) is 2.96. The van der Waals surface area contributed by atoms with Crippen molar-refractivity contribution in [3.05, 3.63) is 53.9 Å². The van der Waals surface area contributed by atoms with Gasteiger partial charge >= 0.3 is 0 Å². The van der Waals surface area contributed by atoms with E-state index in [0.717, 1.165) is 41.9 Å². The van der Waals surface area contributed by atoms with Crippen molar-refractivity contribution in [3.63, 3.8) is 0 Å². The highest BCUT2D eigenvalue weighted by Gasteiger charge is 2.20. The van der Waals surface area contributed by atoms with Crippen molar-refractivity contribution < 1.29 is 4.42 Å². The molecule has 1 aliphatic rings. The van der Waals surface area contributed by atoms with Gasteiger partial charge in [0.1, 0.15) is 5.76 Å². The maximum atomic E-state index is 6.04. The number of aryl methyl sites for hydroxylation is 1. The fourth-order valence-corrected chi connectivity index (χ4v) is 3.74. The van der Waals surface area contributed by atoms with Crippen LogP contribution >= 0.6 is 0 Å². The number of rotatable bonds is 3. The molecule has 0 saturated carbocycles. The Morgan fingerprint density at radius 3 is 2.88 bits per heavy atom. The predicted molar refractivity (Wildman–Crippen MR) is 97.9 cm³/mol. The highest BCUT2D eigenvalue weighted by Crippen LogP contribution is 2.30. The van der Waals surface area contributed by atoms with Crippen LogP contribution in [0.15, 0.2) is 46.9 Å². The first-order valence-electron chi connectivity index (χ1n) is 8.87.